The van der Waals surface area contributed by atoms with Gasteiger partial charge in [-0.05, 0) is 72.8 Å². The molecule has 0 spiro atoms. The van der Waals surface area contributed by atoms with Gasteiger partial charge in [0.25, 0.3) is 0 Å². The highest BCUT2D eigenvalue weighted by molar-refractivity contribution is 5.94. The number of rotatable bonds is 6. The molecule has 0 aliphatic heterocycles. The zero-order valence-corrected chi connectivity index (χ0v) is 16.2. The van der Waals surface area contributed by atoms with Gasteiger partial charge in [0, 0.05) is 5.69 Å². The van der Waals surface area contributed by atoms with Crippen molar-refractivity contribution in [2.24, 2.45) is 10.7 Å². The monoisotopic (exact) mass is 395 g/mol. The van der Waals surface area contributed by atoms with Crippen LogP contribution in [0.25, 0.3) is 0 Å². The Morgan fingerprint density at radius 3 is 1.50 bits per heavy atom. The second-order valence-electron chi connectivity index (χ2n) is 6.47. The van der Waals surface area contributed by atoms with Gasteiger partial charge in [-0.25, -0.2) is 4.99 Å². The van der Waals surface area contributed by atoms with E-state index >= 15 is 0 Å². The van der Waals surface area contributed by atoms with Crippen LogP contribution in [0.3, 0.4) is 0 Å². The van der Waals surface area contributed by atoms with Crippen molar-refractivity contribution in [2.75, 3.05) is 5.32 Å². The van der Waals surface area contributed by atoms with Crippen molar-refractivity contribution in [3.63, 3.8) is 0 Å². The van der Waals surface area contributed by atoms with Crippen LogP contribution in [0, 0.1) is 0 Å². The zero-order chi connectivity index (χ0) is 20.6. The standard InChI is InChI=1S/C25H21N3O2/c26-25(27-19-11-15-23(16-12-19)29-21-7-3-1-4-8-21)28-20-13-17-24(18-14-20)30-22-9-5-2-6-10-22/h1-18H,(H3,26,27,28). The lowest BCUT2D eigenvalue weighted by Gasteiger charge is -2.09. The number of anilines is 1. The van der Waals surface area contributed by atoms with Crippen LogP contribution in [0.1, 0.15) is 0 Å². The lowest BCUT2D eigenvalue weighted by atomic mass is 10.3. The van der Waals surface area contributed by atoms with E-state index in [2.05, 4.69) is 10.3 Å². The maximum absolute atomic E-state index is 6.04. The first kappa shape index (κ1) is 19.1. The summed E-state index contributed by atoms with van der Waals surface area (Å²) in [6, 6.07) is 34.2. The molecule has 4 rings (SSSR count). The van der Waals surface area contributed by atoms with Crippen LogP contribution in [-0.2, 0) is 0 Å². The van der Waals surface area contributed by atoms with Gasteiger partial charge in [-0.3, -0.25) is 0 Å². The average molecular weight is 395 g/mol. The van der Waals surface area contributed by atoms with Crippen LogP contribution in [-0.4, -0.2) is 5.96 Å². The van der Waals surface area contributed by atoms with Gasteiger partial charge >= 0.3 is 0 Å². The number of nitrogens with one attached hydrogen (secondary N) is 1. The maximum atomic E-state index is 6.04. The summed E-state index contributed by atoms with van der Waals surface area (Å²) in [7, 11) is 0. The molecule has 0 atom stereocenters. The largest absolute Gasteiger partial charge is 0.457 e. The molecule has 0 heterocycles. The minimum absolute atomic E-state index is 0.295. The predicted molar refractivity (Wildman–Crippen MR) is 121 cm³/mol. The third-order valence-corrected chi connectivity index (χ3v) is 4.17. The molecule has 0 saturated heterocycles. The van der Waals surface area contributed by atoms with E-state index in [9.17, 15) is 0 Å². The van der Waals surface area contributed by atoms with Gasteiger partial charge in [0.15, 0.2) is 5.96 Å². The number of nitrogens with zero attached hydrogens (tertiary/aromatic N) is 1. The molecule has 0 amide bonds. The molecule has 4 aromatic rings. The quantitative estimate of drug-likeness (QED) is 0.296. The minimum atomic E-state index is 0.295. The summed E-state index contributed by atoms with van der Waals surface area (Å²) >= 11 is 0. The molecule has 0 fully saturated rings. The van der Waals surface area contributed by atoms with Crippen LogP contribution < -0.4 is 20.5 Å². The highest BCUT2D eigenvalue weighted by Crippen LogP contribution is 2.25. The second kappa shape index (κ2) is 9.30. The zero-order valence-electron chi connectivity index (χ0n) is 16.2. The van der Waals surface area contributed by atoms with Gasteiger partial charge in [-0.15, -0.1) is 0 Å². The predicted octanol–water partition coefficient (Wildman–Crippen LogP) is 6.33. The molecular formula is C25H21N3O2. The number of nitrogens with two attached hydrogens (primary N) is 1. The molecule has 0 radical (unpaired) electrons. The Morgan fingerprint density at radius 1 is 0.567 bits per heavy atom. The summed E-state index contributed by atoms with van der Waals surface area (Å²) < 4.78 is 11.6. The number of aliphatic imine (C=N–C) groups is 1. The third kappa shape index (κ3) is 5.39. The fraction of sp³-hybridized carbons (Fsp3) is 0. The Morgan fingerprint density at radius 2 is 1.00 bits per heavy atom. The van der Waals surface area contributed by atoms with E-state index in [0.717, 1.165) is 34.4 Å². The third-order valence-electron chi connectivity index (χ3n) is 4.17. The number of hydrogen-bond acceptors (Lipinski definition) is 3. The van der Waals surface area contributed by atoms with Gasteiger partial charge in [0.1, 0.15) is 23.0 Å². The molecule has 0 aromatic heterocycles. The molecule has 0 unspecified atom stereocenters. The maximum Gasteiger partial charge on any atom is 0.198 e. The minimum Gasteiger partial charge on any atom is -0.457 e. The van der Waals surface area contributed by atoms with Crippen LogP contribution >= 0.6 is 0 Å². The van der Waals surface area contributed by atoms with E-state index in [0.29, 0.717) is 5.96 Å². The van der Waals surface area contributed by atoms with Crippen LogP contribution in [0.5, 0.6) is 23.0 Å². The van der Waals surface area contributed by atoms with Crippen molar-refractivity contribution in [3.8, 4) is 23.0 Å². The van der Waals surface area contributed by atoms with Gasteiger partial charge in [0.05, 0.1) is 5.69 Å². The number of benzene rings is 4. The normalized spacial score (nSPS) is 11.0. The average Bonchev–Trinajstić information content (AvgIpc) is 2.78. The number of guanidine groups is 1. The van der Waals surface area contributed by atoms with Crippen molar-refractivity contribution < 1.29 is 9.47 Å². The Kier molecular flexibility index (Phi) is 5.91. The van der Waals surface area contributed by atoms with Crippen molar-refractivity contribution in [1.82, 2.24) is 0 Å². The summed E-state index contributed by atoms with van der Waals surface area (Å²) in [4.78, 5) is 4.39. The Bertz CT molecular complexity index is 1090. The summed E-state index contributed by atoms with van der Waals surface area (Å²) in [6.45, 7) is 0. The van der Waals surface area contributed by atoms with Crippen LogP contribution in [0.2, 0.25) is 0 Å². The van der Waals surface area contributed by atoms with Gasteiger partial charge < -0.3 is 20.5 Å². The van der Waals surface area contributed by atoms with Crippen LogP contribution in [0.15, 0.2) is 114 Å². The van der Waals surface area contributed by atoms with E-state index in [1.165, 1.54) is 0 Å². The van der Waals surface area contributed by atoms with Crippen molar-refractivity contribution in [3.05, 3.63) is 109 Å². The lowest BCUT2D eigenvalue weighted by Crippen LogP contribution is -2.21. The number of para-hydroxylation sites is 2. The summed E-state index contributed by atoms with van der Waals surface area (Å²) in [5, 5.41) is 3.08. The Balaban J connectivity index is 1.35. The van der Waals surface area contributed by atoms with E-state index in [1.54, 1.807) is 0 Å². The Labute approximate surface area is 175 Å². The molecule has 148 valence electrons. The molecule has 5 nitrogen and oxygen atoms in total. The first-order valence-electron chi connectivity index (χ1n) is 9.52. The summed E-state index contributed by atoms with van der Waals surface area (Å²) in [5.41, 5.74) is 7.58. The molecule has 3 N–H and O–H groups in total. The van der Waals surface area contributed by atoms with Crippen molar-refractivity contribution in [1.29, 1.82) is 0 Å². The van der Waals surface area contributed by atoms with E-state index in [4.69, 9.17) is 15.2 Å². The highest BCUT2D eigenvalue weighted by atomic mass is 16.5. The van der Waals surface area contributed by atoms with E-state index < -0.39 is 0 Å². The molecular weight excluding hydrogens is 374 g/mol. The second-order valence-corrected chi connectivity index (χ2v) is 6.47. The Hall–Kier alpha value is -4.25. The first-order valence-corrected chi connectivity index (χ1v) is 9.52. The van der Waals surface area contributed by atoms with Gasteiger partial charge in [-0.1, -0.05) is 36.4 Å². The SMILES string of the molecule is NC(=Nc1ccc(Oc2ccccc2)cc1)Nc1ccc(Oc2ccccc2)cc1. The van der Waals surface area contributed by atoms with Crippen molar-refractivity contribution >= 4 is 17.3 Å². The number of hydrogen-bond donors (Lipinski definition) is 2. The first-order chi connectivity index (χ1) is 14.7. The molecule has 4 aromatic carbocycles. The molecule has 0 aliphatic rings. The molecule has 0 saturated carbocycles. The van der Waals surface area contributed by atoms with Gasteiger partial charge in [0.2, 0.25) is 0 Å². The lowest BCUT2D eigenvalue weighted by molar-refractivity contribution is 0.482. The fourth-order valence-corrected chi connectivity index (χ4v) is 2.76. The molecule has 0 bridgehead atoms. The summed E-state index contributed by atoms with van der Waals surface area (Å²) in [6.07, 6.45) is 0. The van der Waals surface area contributed by atoms with E-state index in [-0.39, 0.29) is 0 Å². The molecule has 30 heavy (non-hydrogen) atoms. The highest BCUT2D eigenvalue weighted by Gasteiger charge is 2.01. The fourth-order valence-electron chi connectivity index (χ4n) is 2.76. The topological polar surface area (TPSA) is 68.9 Å². The number of ether oxygens (including phenoxy) is 2. The van der Waals surface area contributed by atoms with Gasteiger partial charge in [-0.2, -0.15) is 0 Å². The molecule has 0 aliphatic carbocycles. The van der Waals surface area contributed by atoms with E-state index in [1.807, 2.05) is 109 Å². The summed E-state index contributed by atoms with van der Waals surface area (Å²) in [5.74, 6) is 3.36. The van der Waals surface area contributed by atoms with Crippen molar-refractivity contribution in [2.45, 2.75) is 0 Å². The molecule has 5 heteroatoms. The smallest absolute Gasteiger partial charge is 0.198 e. The van der Waals surface area contributed by atoms with Crippen LogP contribution in [0.4, 0.5) is 11.4 Å².